The van der Waals surface area contributed by atoms with Crippen LogP contribution in [0.3, 0.4) is 0 Å². The number of hydrogen-bond acceptors (Lipinski definition) is 7. The van der Waals surface area contributed by atoms with Crippen LogP contribution in [0.15, 0.2) is 54.9 Å². The minimum atomic E-state index is -0.532. The maximum atomic E-state index is 11.6. The van der Waals surface area contributed by atoms with Gasteiger partial charge in [0.1, 0.15) is 12.1 Å². The SMILES string of the molecule is COc1ccc(CNc2ncnc(Nc3ccccc3Cl)c2[N+](=O)[O-])cc1. The smallest absolute Gasteiger partial charge is 0.353 e. The Morgan fingerprint density at radius 2 is 1.81 bits per heavy atom. The second-order valence-corrected chi connectivity index (χ2v) is 5.89. The Morgan fingerprint density at radius 3 is 2.48 bits per heavy atom. The second-order valence-electron chi connectivity index (χ2n) is 5.48. The molecule has 0 atom stereocenters. The van der Waals surface area contributed by atoms with Gasteiger partial charge in [0, 0.05) is 6.54 Å². The van der Waals surface area contributed by atoms with Crippen molar-refractivity contribution in [1.82, 2.24) is 9.97 Å². The zero-order valence-electron chi connectivity index (χ0n) is 14.3. The number of methoxy groups -OCH3 is 1. The van der Waals surface area contributed by atoms with E-state index >= 15 is 0 Å². The van der Waals surface area contributed by atoms with Crippen LogP contribution in [0, 0.1) is 10.1 Å². The molecule has 2 aromatic carbocycles. The first kappa shape index (κ1) is 18.4. The lowest BCUT2D eigenvalue weighted by Gasteiger charge is -2.11. The summed E-state index contributed by atoms with van der Waals surface area (Å²) in [5, 5.41) is 17.9. The molecule has 0 saturated heterocycles. The van der Waals surface area contributed by atoms with Gasteiger partial charge in [-0.15, -0.1) is 0 Å². The number of benzene rings is 2. The zero-order valence-corrected chi connectivity index (χ0v) is 15.1. The number of nitrogens with zero attached hydrogens (tertiary/aromatic N) is 3. The minimum absolute atomic E-state index is 0.0559. The first-order valence-corrected chi connectivity index (χ1v) is 8.34. The van der Waals surface area contributed by atoms with E-state index in [4.69, 9.17) is 16.3 Å². The molecule has 0 radical (unpaired) electrons. The summed E-state index contributed by atoms with van der Waals surface area (Å²) in [5.74, 6) is 0.902. The zero-order chi connectivity index (χ0) is 19.2. The van der Waals surface area contributed by atoms with E-state index in [9.17, 15) is 10.1 Å². The molecular weight excluding hydrogens is 370 g/mol. The van der Waals surface area contributed by atoms with Gasteiger partial charge in [0.15, 0.2) is 0 Å². The van der Waals surface area contributed by atoms with Crippen molar-refractivity contribution in [3.05, 3.63) is 75.6 Å². The van der Waals surface area contributed by atoms with Crippen molar-refractivity contribution in [2.75, 3.05) is 17.7 Å². The van der Waals surface area contributed by atoms with E-state index in [1.165, 1.54) is 6.33 Å². The van der Waals surface area contributed by atoms with Gasteiger partial charge >= 0.3 is 5.69 Å². The molecule has 0 aliphatic rings. The molecule has 0 aliphatic heterocycles. The molecule has 27 heavy (non-hydrogen) atoms. The van der Waals surface area contributed by atoms with Crippen molar-refractivity contribution in [2.24, 2.45) is 0 Å². The van der Waals surface area contributed by atoms with Crippen LogP contribution < -0.4 is 15.4 Å². The van der Waals surface area contributed by atoms with Gasteiger partial charge in [-0.2, -0.15) is 0 Å². The van der Waals surface area contributed by atoms with Gasteiger partial charge in [-0.3, -0.25) is 10.1 Å². The number of anilines is 3. The summed E-state index contributed by atoms with van der Waals surface area (Å²) in [6, 6.07) is 14.3. The van der Waals surface area contributed by atoms with Crippen LogP contribution >= 0.6 is 11.6 Å². The Hall–Kier alpha value is -3.39. The van der Waals surface area contributed by atoms with Crippen molar-refractivity contribution in [3.63, 3.8) is 0 Å². The van der Waals surface area contributed by atoms with E-state index in [0.29, 0.717) is 17.3 Å². The lowest BCUT2D eigenvalue weighted by molar-refractivity contribution is -0.383. The Balaban J connectivity index is 1.84. The molecular formula is C18H16ClN5O3. The Labute approximate surface area is 160 Å². The molecule has 9 heteroatoms. The predicted molar refractivity (Wildman–Crippen MR) is 104 cm³/mol. The molecule has 2 N–H and O–H groups in total. The number of nitro groups is 1. The van der Waals surface area contributed by atoms with Crippen LogP contribution in [0.25, 0.3) is 0 Å². The number of halogens is 1. The highest BCUT2D eigenvalue weighted by atomic mass is 35.5. The average Bonchev–Trinajstić information content (AvgIpc) is 2.68. The Kier molecular flexibility index (Phi) is 5.68. The van der Waals surface area contributed by atoms with Crippen molar-refractivity contribution >= 4 is 34.6 Å². The van der Waals surface area contributed by atoms with Crippen LogP contribution in [-0.2, 0) is 6.54 Å². The molecule has 3 aromatic rings. The topological polar surface area (TPSA) is 102 Å². The van der Waals surface area contributed by atoms with Gasteiger partial charge in [0.2, 0.25) is 11.6 Å². The largest absolute Gasteiger partial charge is 0.497 e. The maximum absolute atomic E-state index is 11.6. The molecule has 0 bridgehead atoms. The van der Waals surface area contributed by atoms with Crippen LogP contribution in [0.2, 0.25) is 5.02 Å². The molecule has 0 fully saturated rings. The van der Waals surface area contributed by atoms with Gasteiger partial charge in [-0.1, -0.05) is 35.9 Å². The van der Waals surface area contributed by atoms with E-state index in [1.807, 2.05) is 24.3 Å². The number of ether oxygens (including phenoxy) is 1. The summed E-state index contributed by atoms with van der Waals surface area (Å²) in [5.41, 5.74) is 1.18. The fraction of sp³-hybridized carbons (Fsp3) is 0.111. The van der Waals surface area contributed by atoms with Gasteiger partial charge in [-0.25, -0.2) is 9.97 Å². The second kappa shape index (κ2) is 8.33. The number of para-hydroxylation sites is 1. The summed E-state index contributed by atoms with van der Waals surface area (Å²) >= 11 is 6.11. The van der Waals surface area contributed by atoms with Crippen molar-refractivity contribution < 1.29 is 9.66 Å². The molecule has 8 nitrogen and oxygen atoms in total. The van der Waals surface area contributed by atoms with E-state index in [-0.39, 0.29) is 17.3 Å². The van der Waals surface area contributed by atoms with Gasteiger partial charge in [-0.05, 0) is 29.8 Å². The number of nitrogens with one attached hydrogen (secondary N) is 2. The highest BCUT2D eigenvalue weighted by molar-refractivity contribution is 6.33. The predicted octanol–water partition coefficient (Wildman–Crippen LogP) is 4.40. The lowest BCUT2D eigenvalue weighted by atomic mass is 10.2. The van der Waals surface area contributed by atoms with E-state index < -0.39 is 4.92 Å². The fourth-order valence-electron chi connectivity index (χ4n) is 2.39. The third kappa shape index (κ3) is 4.42. The minimum Gasteiger partial charge on any atom is -0.497 e. The Bertz CT molecular complexity index is 950. The molecule has 1 aromatic heterocycles. The van der Waals surface area contributed by atoms with E-state index in [2.05, 4.69) is 20.6 Å². The average molecular weight is 386 g/mol. The van der Waals surface area contributed by atoms with Gasteiger partial charge < -0.3 is 15.4 Å². The summed E-state index contributed by atoms with van der Waals surface area (Å²) in [7, 11) is 1.59. The molecule has 1 heterocycles. The van der Waals surface area contributed by atoms with Gasteiger partial charge in [0.25, 0.3) is 0 Å². The highest BCUT2D eigenvalue weighted by Crippen LogP contribution is 2.33. The first-order chi connectivity index (χ1) is 13.1. The number of hydrogen-bond donors (Lipinski definition) is 2. The standard InChI is InChI=1S/C18H16ClN5O3/c1-27-13-8-6-12(7-9-13)10-20-17-16(24(25)26)18(22-11-21-17)23-15-5-3-2-4-14(15)19/h2-9,11H,10H2,1H3,(H2,20,21,22,23). The Morgan fingerprint density at radius 1 is 1.11 bits per heavy atom. The third-order valence-corrected chi connectivity index (χ3v) is 4.08. The fourth-order valence-corrected chi connectivity index (χ4v) is 2.57. The van der Waals surface area contributed by atoms with Crippen molar-refractivity contribution in [3.8, 4) is 5.75 Å². The van der Waals surface area contributed by atoms with E-state index in [1.54, 1.807) is 31.4 Å². The summed E-state index contributed by atoms with van der Waals surface area (Å²) in [4.78, 5) is 19.1. The molecule has 0 amide bonds. The maximum Gasteiger partial charge on any atom is 0.353 e. The summed E-state index contributed by atoms with van der Waals surface area (Å²) < 4.78 is 5.12. The number of aromatic nitrogens is 2. The lowest BCUT2D eigenvalue weighted by Crippen LogP contribution is -2.08. The number of rotatable bonds is 7. The van der Waals surface area contributed by atoms with Crippen LogP contribution in [0.4, 0.5) is 23.0 Å². The summed E-state index contributed by atoms with van der Waals surface area (Å²) in [6.07, 6.45) is 1.25. The normalized spacial score (nSPS) is 10.3. The quantitative estimate of drug-likeness (QED) is 0.459. The first-order valence-electron chi connectivity index (χ1n) is 7.96. The highest BCUT2D eigenvalue weighted by Gasteiger charge is 2.23. The van der Waals surface area contributed by atoms with E-state index in [0.717, 1.165) is 11.3 Å². The molecule has 0 unspecified atom stereocenters. The molecule has 0 spiro atoms. The molecule has 3 rings (SSSR count). The van der Waals surface area contributed by atoms with Crippen LogP contribution in [0.5, 0.6) is 5.75 Å². The van der Waals surface area contributed by atoms with Gasteiger partial charge in [0.05, 0.1) is 22.7 Å². The third-order valence-electron chi connectivity index (χ3n) is 3.75. The van der Waals surface area contributed by atoms with Crippen molar-refractivity contribution in [2.45, 2.75) is 6.54 Å². The monoisotopic (exact) mass is 385 g/mol. The molecule has 0 aliphatic carbocycles. The van der Waals surface area contributed by atoms with Crippen LogP contribution in [-0.4, -0.2) is 22.0 Å². The van der Waals surface area contributed by atoms with Crippen LogP contribution in [0.1, 0.15) is 5.56 Å². The molecule has 0 saturated carbocycles. The summed E-state index contributed by atoms with van der Waals surface area (Å²) in [6.45, 7) is 0.355. The molecule has 138 valence electrons. The van der Waals surface area contributed by atoms with Crippen molar-refractivity contribution in [1.29, 1.82) is 0 Å².